The summed E-state index contributed by atoms with van der Waals surface area (Å²) in [6.07, 6.45) is 4.36. The molecule has 0 radical (unpaired) electrons. The van der Waals surface area contributed by atoms with E-state index in [9.17, 15) is 5.11 Å². The minimum Gasteiger partial charge on any atom is -0.481 e. The molecule has 138 valence electrons. The molecule has 0 atom stereocenters. The van der Waals surface area contributed by atoms with E-state index in [4.69, 9.17) is 9.72 Å². The lowest BCUT2D eigenvalue weighted by Gasteiger charge is -2.19. The Bertz CT molecular complexity index is 758. The van der Waals surface area contributed by atoms with E-state index in [0.29, 0.717) is 5.88 Å². The summed E-state index contributed by atoms with van der Waals surface area (Å²) in [7, 11) is 1.65. The fourth-order valence-corrected chi connectivity index (χ4v) is 3.73. The lowest BCUT2D eigenvalue weighted by Crippen LogP contribution is -2.15. The van der Waals surface area contributed by atoms with Crippen LogP contribution in [0.25, 0.3) is 5.82 Å². The highest BCUT2D eigenvalue weighted by Gasteiger charge is 2.44. The molecule has 1 aliphatic rings. The van der Waals surface area contributed by atoms with Crippen molar-refractivity contribution in [2.24, 2.45) is 0 Å². The van der Waals surface area contributed by atoms with Gasteiger partial charge in [0.2, 0.25) is 5.88 Å². The number of aryl methyl sites for hydroxylation is 1. The number of hydrogen-bond donors (Lipinski definition) is 1. The number of pyridine rings is 1. The molecule has 0 spiro atoms. The Kier molecular flexibility index (Phi) is 5.62. The van der Waals surface area contributed by atoms with Crippen molar-refractivity contribution in [3.63, 3.8) is 0 Å². The zero-order chi connectivity index (χ0) is 17.5. The maximum absolute atomic E-state index is 10.0. The fraction of sp³-hybridized carbons (Fsp3) is 0.571. The van der Waals surface area contributed by atoms with Gasteiger partial charge < -0.3 is 14.4 Å². The normalized spacial score (nSPS) is 15.0. The van der Waals surface area contributed by atoms with Crippen molar-refractivity contribution < 1.29 is 9.84 Å². The molecule has 0 aliphatic heterocycles. The maximum atomic E-state index is 10.0. The number of hydrogen-bond acceptors (Lipinski definition) is 3. The van der Waals surface area contributed by atoms with Crippen molar-refractivity contribution in [2.75, 3.05) is 7.11 Å². The zero-order valence-corrected chi connectivity index (χ0v) is 15.4. The lowest BCUT2D eigenvalue weighted by atomic mass is 9.99. The van der Waals surface area contributed by atoms with E-state index in [1.807, 2.05) is 6.07 Å². The largest absolute Gasteiger partial charge is 0.481 e. The second-order valence-corrected chi connectivity index (χ2v) is 7.20. The van der Waals surface area contributed by atoms with Crippen molar-refractivity contribution in [3.05, 3.63) is 40.2 Å². The first-order valence-electron chi connectivity index (χ1n) is 8.83. The SMILES string of the molecule is C.CCCc1c(CO)c(C)c(C2(C)CC2)n1-c1nc(OC)ccc1C. The number of nitrogens with zero attached hydrogens (tertiary/aromatic N) is 2. The van der Waals surface area contributed by atoms with Gasteiger partial charge in [-0.05, 0) is 44.2 Å². The zero-order valence-electron chi connectivity index (χ0n) is 15.4. The second kappa shape index (κ2) is 7.20. The predicted octanol–water partition coefficient (Wildman–Crippen LogP) is 4.63. The van der Waals surface area contributed by atoms with Crippen molar-refractivity contribution in [2.45, 2.75) is 72.8 Å². The lowest BCUT2D eigenvalue weighted by molar-refractivity contribution is 0.279. The van der Waals surface area contributed by atoms with Crippen molar-refractivity contribution in [1.82, 2.24) is 9.55 Å². The van der Waals surface area contributed by atoms with E-state index in [1.165, 1.54) is 29.8 Å². The average molecular weight is 344 g/mol. The Hall–Kier alpha value is -1.81. The first kappa shape index (κ1) is 19.5. The number of aromatic nitrogens is 2. The molecule has 2 heterocycles. The monoisotopic (exact) mass is 344 g/mol. The third kappa shape index (κ3) is 3.20. The molecule has 0 saturated heterocycles. The average Bonchev–Trinajstić information content (AvgIpc) is 3.24. The minimum absolute atomic E-state index is 0. The van der Waals surface area contributed by atoms with Crippen LogP contribution in [0.15, 0.2) is 12.1 Å². The van der Waals surface area contributed by atoms with Crippen molar-refractivity contribution >= 4 is 0 Å². The van der Waals surface area contributed by atoms with Gasteiger partial charge in [0, 0.05) is 28.4 Å². The molecule has 1 aliphatic carbocycles. The Labute approximate surface area is 151 Å². The highest BCUT2D eigenvalue weighted by molar-refractivity contribution is 5.51. The first-order valence-corrected chi connectivity index (χ1v) is 8.83. The first-order chi connectivity index (χ1) is 11.5. The number of ether oxygens (including phenoxy) is 1. The fourth-order valence-electron chi connectivity index (χ4n) is 3.73. The van der Waals surface area contributed by atoms with Crippen LogP contribution in [-0.2, 0) is 18.4 Å². The van der Waals surface area contributed by atoms with Crippen molar-refractivity contribution in [3.8, 4) is 11.7 Å². The van der Waals surface area contributed by atoms with E-state index < -0.39 is 0 Å². The highest BCUT2D eigenvalue weighted by atomic mass is 16.5. The molecule has 1 saturated carbocycles. The predicted molar refractivity (Wildman–Crippen MR) is 103 cm³/mol. The second-order valence-electron chi connectivity index (χ2n) is 7.20. The molecule has 1 fully saturated rings. The third-order valence-electron chi connectivity index (χ3n) is 5.33. The number of aliphatic hydroxyl groups is 1. The highest BCUT2D eigenvalue weighted by Crippen LogP contribution is 2.51. The molecule has 25 heavy (non-hydrogen) atoms. The van der Waals surface area contributed by atoms with Gasteiger partial charge in [0.25, 0.3) is 0 Å². The van der Waals surface area contributed by atoms with Gasteiger partial charge >= 0.3 is 0 Å². The van der Waals surface area contributed by atoms with Gasteiger partial charge in [-0.15, -0.1) is 0 Å². The summed E-state index contributed by atoms with van der Waals surface area (Å²) >= 11 is 0. The molecule has 0 aromatic carbocycles. The Morgan fingerprint density at radius 3 is 2.48 bits per heavy atom. The van der Waals surface area contributed by atoms with E-state index in [2.05, 4.69) is 38.3 Å². The van der Waals surface area contributed by atoms with E-state index >= 15 is 0 Å². The number of methoxy groups -OCH3 is 1. The van der Waals surface area contributed by atoms with Gasteiger partial charge in [-0.25, -0.2) is 0 Å². The Morgan fingerprint density at radius 1 is 1.28 bits per heavy atom. The molecule has 3 rings (SSSR count). The molecule has 4 nitrogen and oxygen atoms in total. The van der Waals surface area contributed by atoms with Gasteiger partial charge in [0.1, 0.15) is 5.82 Å². The molecule has 2 aromatic rings. The smallest absolute Gasteiger partial charge is 0.214 e. The summed E-state index contributed by atoms with van der Waals surface area (Å²) < 4.78 is 7.68. The van der Waals surface area contributed by atoms with Crippen LogP contribution in [0, 0.1) is 13.8 Å². The van der Waals surface area contributed by atoms with Gasteiger partial charge in [-0.1, -0.05) is 33.8 Å². The molecule has 1 N–H and O–H groups in total. The topological polar surface area (TPSA) is 47.3 Å². The molecule has 0 unspecified atom stereocenters. The van der Waals surface area contributed by atoms with Gasteiger partial charge in [-0.2, -0.15) is 4.98 Å². The Balaban J connectivity index is 0.00000225. The van der Waals surface area contributed by atoms with Crippen LogP contribution in [-0.4, -0.2) is 21.8 Å². The van der Waals surface area contributed by atoms with E-state index in [1.54, 1.807) is 7.11 Å². The minimum atomic E-state index is 0. The summed E-state index contributed by atoms with van der Waals surface area (Å²) in [5.41, 5.74) is 6.13. The molecule has 4 heteroatoms. The molecule has 0 amide bonds. The van der Waals surface area contributed by atoms with E-state index in [0.717, 1.165) is 29.8 Å². The van der Waals surface area contributed by atoms with Crippen LogP contribution in [0.4, 0.5) is 0 Å². The molecule has 2 aromatic heterocycles. The maximum Gasteiger partial charge on any atom is 0.214 e. The van der Waals surface area contributed by atoms with Gasteiger partial charge in [0.05, 0.1) is 13.7 Å². The number of rotatable bonds is 6. The molecular weight excluding hydrogens is 312 g/mol. The summed E-state index contributed by atoms with van der Waals surface area (Å²) in [6.45, 7) is 8.82. The summed E-state index contributed by atoms with van der Waals surface area (Å²) in [5, 5.41) is 10.0. The van der Waals surface area contributed by atoms with Gasteiger partial charge in [0.15, 0.2) is 0 Å². The standard InChI is InChI=1S/C20H28N2O2.CH4/c1-6-7-16-15(12-23)14(3)18(20(4)10-11-20)22(16)19-13(2)8-9-17(21-19)24-5;/h8-9,23H,6-7,10-12H2,1-5H3;1H4. The Morgan fingerprint density at radius 2 is 1.96 bits per heavy atom. The van der Waals surface area contributed by atoms with Gasteiger partial charge in [-0.3, -0.25) is 0 Å². The van der Waals surface area contributed by atoms with Crippen LogP contribution in [0.2, 0.25) is 0 Å². The van der Waals surface area contributed by atoms with Crippen LogP contribution in [0.3, 0.4) is 0 Å². The van der Waals surface area contributed by atoms with Crippen LogP contribution < -0.4 is 4.74 Å². The van der Waals surface area contributed by atoms with Crippen molar-refractivity contribution in [1.29, 1.82) is 0 Å². The quantitative estimate of drug-likeness (QED) is 0.831. The summed E-state index contributed by atoms with van der Waals surface area (Å²) in [5.74, 6) is 1.56. The molecular formula is C21H32N2O2. The van der Waals surface area contributed by atoms with Crippen LogP contribution in [0.1, 0.15) is 68.6 Å². The number of aliphatic hydroxyl groups excluding tert-OH is 1. The molecule has 0 bridgehead atoms. The van der Waals surface area contributed by atoms with Crippen LogP contribution in [0.5, 0.6) is 5.88 Å². The summed E-state index contributed by atoms with van der Waals surface area (Å²) in [6, 6.07) is 3.96. The van der Waals surface area contributed by atoms with Crippen LogP contribution >= 0.6 is 0 Å². The summed E-state index contributed by atoms with van der Waals surface area (Å²) in [4.78, 5) is 4.75. The van der Waals surface area contributed by atoms with E-state index in [-0.39, 0.29) is 19.4 Å². The third-order valence-corrected chi connectivity index (χ3v) is 5.33.